The second kappa shape index (κ2) is 8.02. The van der Waals surface area contributed by atoms with Crippen molar-refractivity contribution in [3.63, 3.8) is 0 Å². The van der Waals surface area contributed by atoms with Crippen LogP contribution in [0.15, 0.2) is 30.3 Å². The summed E-state index contributed by atoms with van der Waals surface area (Å²) in [5.41, 5.74) is 1.07. The van der Waals surface area contributed by atoms with Crippen LogP contribution in [0.4, 0.5) is 0 Å². The molecule has 3 unspecified atom stereocenters. The fourth-order valence-corrected chi connectivity index (χ4v) is 2.23. The van der Waals surface area contributed by atoms with E-state index in [4.69, 9.17) is 0 Å². The molecule has 0 saturated carbocycles. The van der Waals surface area contributed by atoms with E-state index >= 15 is 0 Å². The highest BCUT2D eigenvalue weighted by Crippen LogP contribution is 2.07. The predicted molar refractivity (Wildman–Crippen MR) is 81.5 cm³/mol. The number of amides is 1. The van der Waals surface area contributed by atoms with E-state index in [0.29, 0.717) is 6.42 Å². The monoisotopic (exact) mass is 278 g/mol. The summed E-state index contributed by atoms with van der Waals surface area (Å²) in [6.07, 6.45) is 0.711. The van der Waals surface area contributed by atoms with E-state index in [1.807, 2.05) is 63.2 Å². The molecule has 0 aromatic heterocycles. The number of carbonyl (C=O) groups excluding carboxylic acids is 1. The van der Waals surface area contributed by atoms with Gasteiger partial charge < -0.3 is 10.4 Å². The molecule has 20 heavy (non-hydrogen) atoms. The van der Waals surface area contributed by atoms with Gasteiger partial charge in [0.05, 0.1) is 18.2 Å². The minimum Gasteiger partial charge on any atom is -0.391 e. The summed E-state index contributed by atoms with van der Waals surface area (Å²) in [7, 11) is 3.78. The van der Waals surface area contributed by atoms with E-state index in [1.165, 1.54) is 0 Å². The Bertz CT molecular complexity index is 406. The van der Waals surface area contributed by atoms with E-state index in [-0.39, 0.29) is 18.0 Å². The lowest BCUT2D eigenvalue weighted by Crippen LogP contribution is -2.50. The molecule has 0 spiro atoms. The number of benzene rings is 1. The second-order valence-electron chi connectivity index (χ2n) is 5.44. The van der Waals surface area contributed by atoms with Gasteiger partial charge in [-0.05, 0) is 33.0 Å². The van der Waals surface area contributed by atoms with Gasteiger partial charge in [0.2, 0.25) is 5.91 Å². The van der Waals surface area contributed by atoms with Crippen LogP contribution in [-0.2, 0) is 11.2 Å². The molecule has 1 aromatic rings. The molecule has 1 rings (SSSR count). The fourth-order valence-electron chi connectivity index (χ4n) is 2.23. The Morgan fingerprint density at radius 3 is 2.40 bits per heavy atom. The van der Waals surface area contributed by atoms with Crippen molar-refractivity contribution in [1.29, 1.82) is 0 Å². The molecule has 0 aliphatic carbocycles. The van der Waals surface area contributed by atoms with Crippen molar-refractivity contribution in [2.24, 2.45) is 0 Å². The van der Waals surface area contributed by atoms with Crippen molar-refractivity contribution >= 4 is 5.91 Å². The molecule has 112 valence electrons. The van der Waals surface area contributed by atoms with Gasteiger partial charge in [0, 0.05) is 6.42 Å². The zero-order valence-corrected chi connectivity index (χ0v) is 12.8. The van der Waals surface area contributed by atoms with E-state index in [2.05, 4.69) is 5.32 Å². The summed E-state index contributed by atoms with van der Waals surface area (Å²) in [6.45, 7) is 3.82. The largest absolute Gasteiger partial charge is 0.391 e. The lowest BCUT2D eigenvalue weighted by molar-refractivity contribution is -0.127. The quantitative estimate of drug-likeness (QED) is 0.793. The summed E-state index contributed by atoms with van der Waals surface area (Å²) in [6, 6.07) is 9.38. The molecule has 3 atom stereocenters. The number of hydrogen-bond acceptors (Lipinski definition) is 3. The first-order valence-corrected chi connectivity index (χ1v) is 7.14. The standard InChI is InChI=1S/C16H26N2O2/c1-5-14(18(3)4)16(20)17-12(2)15(19)11-13-9-7-6-8-10-13/h6-10,12,14-15,19H,5,11H2,1-4H3,(H,17,20). The Morgan fingerprint density at radius 1 is 1.30 bits per heavy atom. The summed E-state index contributed by atoms with van der Waals surface area (Å²) >= 11 is 0. The minimum absolute atomic E-state index is 0.0305. The Morgan fingerprint density at radius 2 is 1.90 bits per heavy atom. The van der Waals surface area contributed by atoms with Crippen LogP contribution in [0.25, 0.3) is 0 Å². The molecular weight excluding hydrogens is 252 g/mol. The summed E-state index contributed by atoms with van der Waals surface area (Å²) in [5.74, 6) is -0.0305. The zero-order valence-electron chi connectivity index (χ0n) is 12.8. The van der Waals surface area contributed by atoms with Gasteiger partial charge in [0.15, 0.2) is 0 Å². The van der Waals surface area contributed by atoms with Crippen molar-refractivity contribution in [1.82, 2.24) is 10.2 Å². The molecule has 1 aromatic carbocycles. The van der Waals surface area contributed by atoms with Gasteiger partial charge in [-0.15, -0.1) is 0 Å². The Balaban J connectivity index is 2.53. The highest BCUT2D eigenvalue weighted by Gasteiger charge is 2.23. The number of aliphatic hydroxyl groups is 1. The first-order chi connectivity index (χ1) is 9.45. The van der Waals surface area contributed by atoms with E-state index < -0.39 is 6.10 Å². The number of hydrogen-bond donors (Lipinski definition) is 2. The molecule has 0 heterocycles. The predicted octanol–water partition coefficient (Wildman–Crippen LogP) is 1.43. The SMILES string of the molecule is CCC(C(=O)NC(C)C(O)Cc1ccccc1)N(C)C. The molecule has 0 radical (unpaired) electrons. The normalized spacial score (nSPS) is 15.7. The van der Waals surface area contributed by atoms with Crippen LogP contribution in [0.3, 0.4) is 0 Å². The van der Waals surface area contributed by atoms with Gasteiger partial charge >= 0.3 is 0 Å². The van der Waals surface area contributed by atoms with Gasteiger partial charge in [0.1, 0.15) is 0 Å². The van der Waals surface area contributed by atoms with E-state index in [0.717, 1.165) is 12.0 Å². The topological polar surface area (TPSA) is 52.6 Å². The van der Waals surface area contributed by atoms with Crippen molar-refractivity contribution in [2.45, 2.75) is 44.9 Å². The summed E-state index contributed by atoms with van der Waals surface area (Å²) < 4.78 is 0. The lowest BCUT2D eigenvalue weighted by atomic mass is 10.0. The van der Waals surface area contributed by atoms with E-state index in [1.54, 1.807) is 0 Å². The average Bonchev–Trinajstić information content (AvgIpc) is 2.40. The molecular formula is C16H26N2O2. The molecule has 0 aliphatic rings. The fraction of sp³-hybridized carbons (Fsp3) is 0.562. The molecule has 4 nitrogen and oxygen atoms in total. The molecule has 1 amide bonds. The third-order valence-corrected chi connectivity index (χ3v) is 3.55. The maximum atomic E-state index is 12.1. The molecule has 0 fully saturated rings. The van der Waals surface area contributed by atoms with Crippen LogP contribution in [0, 0.1) is 0 Å². The van der Waals surface area contributed by atoms with Crippen LogP contribution in [0.5, 0.6) is 0 Å². The van der Waals surface area contributed by atoms with E-state index in [9.17, 15) is 9.90 Å². The minimum atomic E-state index is -0.582. The van der Waals surface area contributed by atoms with Crippen LogP contribution >= 0.6 is 0 Å². The van der Waals surface area contributed by atoms with Gasteiger partial charge in [0.25, 0.3) is 0 Å². The van der Waals surface area contributed by atoms with Crippen LogP contribution in [0.2, 0.25) is 0 Å². The molecule has 0 saturated heterocycles. The highest BCUT2D eigenvalue weighted by molar-refractivity contribution is 5.81. The number of nitrogens with one attached hydrogen (secondary N) is 1. The number of carbonyl (C=O) groups is 1. The smallest absolute Gasteiger partial charge is 0.237 e. The maximum Gasteiger partial charge on any atom is 0.237 e. The van der Waals surface area contributed by atoms with Crippen molar-refractivity contribution < 1.29 is 9.90 Å². The first-order valence-electron chi connectivity index (χ1n) is 7.14. The molecule has 0 aliphatic heterocycles. The maximum absolute atomic E-state index is 12.1. The zero-order chi connectivity index (χ0) is 15.1. The average molecular weight is 278 g/mol. The van der Waals surface area contributed by atoms with Gasteiger partial charge in [-0.1, -0.05) is 37.3 Å². The first kappa shape index (κ1) is 16.7. The highest BCUT2D eigenvalue weighted by atomic mass is 16.3. The number of nitrogens with zero attached hydrogens (tertiary/aromatic N) is 1. The van der Waals surface area contributed by atoms with Crippen molar-refractivity contribution in [3.05, 3.63) is 35.9 Å². The van der Waals surface area contributed by atoms with Gasteiger partial charge in [-0.2, -0.15) is 0 Å². The molecule has 4 heteroatoms. The van der Waals surface area contributed by atoms with Crippen LogP contribution in [0.1, 0.15) is 25.8 Å². The summed E-state index contributed by atoms with van der Waals surface area (Å²) in [5, 5.41) is 13.1. The second-order valence-corrected chi connectivity index (χ2v) is 5.44. The van der Waals surface area contributed by atoms with Crippen LogP contribution in [-0.4, -0.2) is 48.2 Å². The molecule has 2 N–H and O–H groups in total. The van der Waals surface area contributed by atoms with Crippen molar-refractivity contribution in [3.8, 4) is 0 Å². The molecule has 0 bridgehead atoms. The third-order valence-electron chi connectivity index (χ3n) is 3.55. The Kier molecular flexibility index (Phi) is 6.68. The Hall–Kier alpha value is -1.39. The van der Waals surface area contributed by atoms with Gasteiger partial charge in [-0.3, -0.25) is 9.69 Å². The Labute approximate surface area is 121 Å². The number of rotatable bonds is 7. The lowest BCUT2D eigenvalue weighted by Gasteiger charge is -2.26. The van der Waals surface area contributed by atoms with Crippen LogP contribution < -0.4 is 5.32 Å². The number of aliphatic hydroxyl groups excluding tert-OH is 1. The number of likely N-dealkylation sites (N-methyl/N-ethyl adjacent to an activating group) is 1. The third kappa shape index (κ3) is 4.94. The van der Waals surface area contributed by atoms with Gasteiger partial charge in [-0.25, -0.2) is 0 Å². The summed E-state index contributed by atoms with van der Waals surface area (Å²) in [4.78, 5) is 14.0. The van der Waals surface area contributed by atoms with Crippen molar-refractivity contribution in [2.75, 3.05) is 14.1 Å².